The summed E-state index contributed by atoms with van der Waals surface area (Å²) in [5.41, 5.74) is 1.03. The van der Waals surface area contributed by atoms with Crippen molar-refractivity contribution in [1.82, 2.24) is 15.2 Å². The Balaban J connectivity index is 1.21. The van der Waals surface area contributed by atoms with Crippen LogP contribution in [-0.4, -0.2) is 41.3 Å². The molecule has 0 radical (unpaired) electrons. The van der Waals surface area contributed by atoms with E-state index < -0.39 is 0 Å². The van der Waals surface area contributed by atoms with E-state index in [9.17, 15) is 9.59 Å². The second-order valence-electron chi connectivity index (χ2n) is 7.10. The highest BCUT2D eigenvalue weighted by Gasteiger charge is 2.28. The lowest BCUT2D eigenvalue weighted by molar-refractivity contribution is -0.126. The minimum Gasteiger partial charge on any atom is -0.459 e. The molecule has 0 aliphatic carbocycles. The molecule has 0 aromatic carbocycles. The van der Waals surface area contributed by atoms with E-state index in [0.29, 0.717) is 38.2 Å². The fourth-order valence-electron chi connectivity index (χ4n) is 3.48. The molecule has 152 valence electrons. The van der Waals surface area contributed by atoms with Gasteiger partial charge in [0.2, 0.25) is 5.91 Å². The van der Waals surface area contributed by atoms with Gasteiger partial charge in [-0.2, -0.15) is 0 Å². The van der Waals surface area contributed by atoms with Gasteiger partial charge in [-0.1, -0.05) is 0 Å². The molecule has 6 nitrogen and oxygen atoms in total. The number of amides is 2. The van der Waals surface area contributed by atoms with Crippen molar-refractivity contribution in [2.45, 2.75) is 26.2 Å². The summed E-state index contributed by atoms with van der Waals surface area (Å²) in [7, 11) is 0. The van der Waals surface area contributed by atoms with E-state index in [-0.39, 0.29) is 17.7 Å². The number of thiazole rings is 1. The van der Waals surface area contributed by atoms with Crippen molar-refractivity contribution < 1.29 is 14.0 Å². The monoisotopic (exact) mass is 429 g/mol. The Morgan fingerprint density at radius 3 is 2.79 bits per heavy atom. The summed E-state index contributed by atoms with van der Waals surface area (Å²) in [6, 6.07) is 7.59. The summed E-state index contributed by atoms with van der Waals surface area (Å²) in [4.78, 5) is 33.5. The Hall–Kier alpha value is -2.45. The predicted octanol–water partition coefficient (Wildman–Crippen LogP) is 3.98. The number of thiophene rings is 1. The molecule has 29 heavy (non-hydrogen) atoms. The number of nitrogens with one attached hydrogen (secondary N) is 1. The molecule has 1 fully saturated rings. The highest BCUT2D eigenvalue weighted by Crippen LogP contribution is 2.29. The summed E-state index contributed by atoms with van der Waals surface area (Å²) < 4.78 is 5.18. The molecule has 0 saturated carbocycles. The zero-order chi connectivity index (χ0) is 20.2. The maximum absolute atomic E-state index is 12.5. The quantitative estimate of drug-likeness (QED) is 0.643. The Kier molecular flexibility index (Phi) is 6.10. The summed E-state index contributed by atoms with van der Waals surface area (Å²) in [6.45, 7) is 3.80. The van der Waals surface area contributed by atoms with Crippen molar-refractivity contribution in [3.63, 3.8) is 0 Å². The highest BCUT2D eigenvalue weighted by molar-refractivity contribution is 7.16. The van der Waals surface area contributed by atoms with E-state index in [0.717, 1.165) is 17.1 Å². The van der Waals surface area contributed by atoms with Crippen LogP contribution < -0.4 is 5.32 Å². The number of piperidine rings is 1. The minimum absolute atomic E-state index is 0.0347. The van der Waals surface area contributed by atoms with Gasteiger partial charge in [0, 0.05) is 35.8 Å². The van der Waals surface area contributed by atoms with E-state index in [1.807, 2.05) is 6.92 Å². The normalized spacial score (nSPS) is 14.9. The number of aromatic nitrogens is 1. The number of likely N-dealkylation sites (tertiary alicyclic amines) is 1. The molecule has 8 heteroatoms. The Labute approximate surface area is 177 Å². The molecule has 0 unspecified atom stereocenters. The zero-order valence-corrected chi connectivity index (χ0v) is 17.9. The van der Waals surface area contributed by atoms with E-state index >= 15 is 0 Å². The number of rotatable bonds is 6. The molecule has 1 N–H and O–H groups in total. The van der Waals surface area contributed by atoms with Crippen molar-refractivity contribution in [3.8, 4) is 10.6 Å². The van der Waals surface area contributed by atoms with Gasteiger partial charge in [0.15, 0.2) is 5.76 Å². The standard InChI is InChI=1S/C21H23N3O3S2/c1-14-23-17(13-28-14)19-5-4-16(29-19)6-9-22-20(25)15-7-10-24(11-8-15)21(26)18-3-2-12-27-18/h2-5,12-13,15H,6-11H2,1H3,(H,22,25). The predicted molar refractivity (Wildman–Crippen MR) is 114 cm³/mol. The Bertz CT molecular complexity index is 969. The van der Waals surface area contributed by atoms with Gasteiger partial charge < -0.3 is 14.6 Å². The lowest BCUT2D eigenvalue weighted by Crippen LogP contribution is -2.43. The zero-order valence-electron chi connectivity index (χ0n) is 16.2. The van der Waals surface area contributed by atoms with Crippen LogP contribution in [-0.2, 0) is 11.2 Å². The number of aryl methyl sites for hydroxylation is 1. The molecular formula is C21H23N3O3S2. The van der Waals surface area contributed by atoms with Crippen LogP contribution in [0.25, 0.3) is 10.6 Å². The van der Waals surface area contributed by atoms with Gasteiger partial charge >= 0.3 is 0 Å². The average Bonchev–Trinajstić information content (AvgIpc) is 3.49. The second kappa shape index (κ2) is 8.92. The van der Waals surface area contributed by atoms with Gasteiger partial charge in [0.25, 0.3) is 5.91 Å². The molecule has 1 saturated heterocycles. The molecule has 1 aliphatic rings. The smallest absolute Gasteiger partial charge is 0.289 e. The molecule has 1 aliphatic heterocycles. The first-order valence-corrected chi connectivity index (χ1v) is 11.4. The van der Waals surface area contributed by atoms with Gasteiger partial charge in [0.05, 0.1) is 21.8 Å². The van der Waals surface area contributed by atoms with Crippen LogP contribution in [0.1, 0.15) is 33.3 Å². The first-order chi connectivity index (χ1) is 14.1. The molecule has 3 aromatic heterocycles. The largest absolute Gasteiger partial charge is 0.459 e. The first kappa shape index (κ1) is 19.8. The lowest BCUT2D eigenvalue weighted by Gasteiger charge is -2.30. The van der Waals surface area contributed by atoms with Gasteiger partial charge in [0.1, 0.15) is 0 Å². The van der Waals surface area contributed by atoms with Crippen molar-refractivity contribution in [2.75, 3.05) is 19.6 Å². The SMILES string of the molecule is Cc1nc(-c2ccc(CCNC(=O)C3CCN(C(=O)c4ccco4)CC3)s2)cs1. The molecule has 2 amide bonds. The fourth-order valence-corrected chi connectivity index (χ4v) is 5.14. The molecule has 3 aromatic rings. The highest BCUT2D eigenvalue weighted by atomic mass is 32.1. The number of carbonyl (C=O) groups is 2. The molecule has 0 spiro atoms. The number of furan rings is 1. The van der Waals surface area contributed by atoms with Crippen LogP contribution in [0.3, 0.4) is 0 Å². The third-order valence-electron chi connectivity index (χ3n) is 5.09. The third kappa shape index (κ3) is 4.76. The van der Waals surface area contributed by atoms with Gasteiger partial charge in [-0.25, -0.2) is 4.98 Å². The van der Waals surface area contributed by atoms with Gasteiger partial charge in [-0.15, -0.1) is 22.7 Å². The van der Waals surface area contributed by atoms with E-state index in [1.54, 1.807) is 39.7 Å². The molecule has 0 atom stereocenters. The van der Waals surface area contributed by atoms with Crippen molar-refractivity contribution in [3.05, 3.63) is 51.6 Å². The van der Waals surface area contributed by atoms with Gasteiger partial charge in [-0.05, 0) is 50.5 Å². The van der Waals surface area contributed by atoms with Crippen LogP contribution in [0.4, 0.5) is 0 Å². The van der Waals surface area contributed by atoms with Crippen molar-refractivity contribution in [2.24, 2.45) is 5.92 Å². The van der Waals surface area contributed by atoms with Crippen LogP contribution in [0.5, 0.6) is 0 Å². The Morgan fingerprint density at radius 1 is 1.28 bits per heavy atom. The fraction of sp³-hybridized carbons (Fsp3) is 0.381. The van der Waals surface area contributed by atoms with Crippen LogP contribution in [0.2, 0.25) is 0 Å². The second-order valence-corrected chi connectivity index (χ2v) is 9.33. The maximum atomic E-state index is 12.5. The summed E-state index contributed by atoms with van der Waals surface area (Å²) in [5.74, 6) is 0.309. The Morgan fingerprint density at radius 2 is 2.10 bits per heavy atom. The van der Waals surface area contributed by atoms with E-state index in [2.05, 4.69) is 27.8 Å². The van der Waals surface area contributed by atoms with Crippen LogP contribution >= 0.6 is 22.7 Å². The minimum atomic E-state index is -0.0994. The van der Waals surface area contributed by atoms with E-state index in [1.165, 1.54) is 16.0 Å². The summed E-state index contributed by atoms with van der Waals surface area (Å²) in [6.07, 6.45) is 3.69. The number of hydrogen-bond donors (Lipinski definition) is 1. The topological polar surface area (TPSA) is 75.4 Å². The maximum Gasteiger partial charge on any atom is 0.289 e. The molecule has 0 bridgehead atoms. The first-order valence-electron chi connectivity index (χ1n) is 9.72. The van der Waals surface area contributed by atoms with Crippen molar-refractivity contribution in [1.29, 1.82) is 0 Å². The summed E-state index contributed by atoms with van der Waals surface area (Å²) in [5, 5.41) is 6.21. The van der Waals surface area contributed by atoms with E-state index in [4.69, 9.17) is 4.42 Å². The number of nitrogens with zero attached hydrogens (tertiary/aromatic N) is 2. The summed E-state index contributed by atoms with van der Waals surface area (Å²) >= 11 is 3.38. The third-order valence-corrected chi connectivity index (χ3v) is 7.03. The number of hydrogen-bond acceptors (Lipinski definition) is 6. The van der Waals surface area contributed by atoms with Crippen LogP contribution in [0, 0.1) is 12.8 Å². The molecule has 4 heterocycles. The van der Waals surface area contributed by atoms with Crippen molar-refractivity contribution >= 4 is 34.5 Å². The lowest BCUT2D eigenvalue weighted by atomic mass is 9.95. The average molecular weight is 430 g/mol. The van der Waals surface area contributed by atoms with Gasteiger partial charge in [-0.3, -0.25) is 9.59 Å². The number of carbonyl (C=O) groups excluding carboxylic acids is 2. The molecular weight excluding hydrogens is 406 g/mol. The van der Waals surface area contributed by atoms with Crippen LogP contribution in [0.15, 0.2) is 40.3 Å². The molecule has 4 rings (SSSR count).